The first kappa shape index (κ1) is 42.7. The SMILES string of the molecule is OCc1ccccc1OP1(Oc2ccccc2CO)=NP(Oc2ccccc2CO)(Oc2ccccc2CO)=NP(Oc2ccccc2CO)(Oc2ccccc2CO)=N1. The van der Waals surface area contributed by atoms with E-state index in [9.17, 15) is 30.6 Å². The summed E-state index contributed by atoms with van der Waals surface area (Å²) in [5, 5.41) is 63.1. The van der Waals surface area contributed by atoms with Gasteiger partial charge in [-0.1, -0.05) is 123 Å². The summed E-state index contributed by atoms with van der Waals surface area (Å²) in [4.78, 5) is 0. The first-order chi connectivity index (χ1) is 29.3. The molecule has 0 saturated carbocycles. The molecule has 0 aromatic heterocycles. The summed E-state index contributed by atoms with van der Waals surface area (Å²) >= 11 is 0. The zero-order valence-corrected chi connectivity index (χ0v) is 34.6. The van der Waals surface area contributed by atoms with E-state index in [1.165, 1.54) is 0 Å². The predicted octanol–water partition coefficient (Wildman–Crippen LogP) is 9.27. The Balaban J connectivity index is 1.66. The van der Waals surface area contributed by atoms with Gasteiger partial charge in [0.25, 0.3) is 0 Å². The van der Waals surface area contributed by atoms with Crippen molar-refractivity contribution < 1.29 is 57.8 Å². The summed E-state index contributed by atoms with van der Waals surface area (Å²) in [6, 6.07) is 39.6. The highest BCUT2D eigenvalue weighted by atomic mass is 31.3. The van der Waals surface area contributed by atoms with Gasteiger partial charge in [-0.3, -0.25) is 0 Å². The van der Waals surface area contributed by atoms with Crippen molar-refractivity contribution in [1.29, 1.82) is 0 Å². The lowest BCUT2D eigenvalue weighted by molar-refractivity contribution is 0.276. The molecular formula is C42H42N3O12P3. The second kappa shape index (κ2) is 19.3. The number of hydrogen-bond acceptors (Lipinski definition) is 15. The molecule has 0 radical (unpaired) electrons. The molecule has 312 valence electrons. The van der Waals surface area contributed by atoms with E-state index in [2.05, 4.69) is 0 Å². The highest BCUT2D eigenvalue weighted by molar-refractivity contribution is 7.79. The zero-order chi connectivity index (χ0) is 42.0. The summed E-state index contributed by atoms with van der Waals surface area (Å²) < 4.78 is 56.5. The van der Waals surface area contributed by atoms with E-state index < -0.39 is 62.6 Å². The molecule has 0 aliphatic carbocycles. The Labute approximate surface area is 346 Å². The summed E-state index contributed by atoms with van der Waals surface area (Å²) in [5.74, 6) is 0.575. The molecule has 15 nitrogen and oxygen atoms in total. The fraction of sp³-hybridized carbons (Fsp3) is 0.143. The van der Waals surface area contributed by atoms with Crippen molar-refractivity contribution in [3.8, 4) is 34.5 Å². The summed E-state index contributed by atoms with van der Waals surface area (Å²) in [6.45, 7) is -2.77. The standard InChI is InChI=1S/C42H42N3O12P3/c46-25-31-13-1-7-19-37(31)52-58(53-38-20-8-2-14-32(38)26-47)43-59(54-39-21-9-3-15-33(39)27-48,55-40-22-10-4-16-34(40)28-49)45-60(44-58,56-41-23-11-5-17-35(41)29-50)57-42-24-12-6-18-36(42)30-51/h1-24,46-51H,25-30H2. The number of aliphatic hydroxyl groups is 6. The maximum atomic E-state index is 10.5. The number of hydrogen-bond donors (Lipinski definition) is 6. The normalized spacial score (nSPS) is 14.7. The van der Waals surface area contributed by atoms with Crippen molar-refractivity contribution in [3.05, 3.63) is 179 Å². The smallest absolute Gasteiger partial charge is 0.413 e. The Morgan fingerprint density at radius 3 is 0.567 bits per heavy atom. The van der Waals surface area contributed by atoms with Gasteiger partial charge in [0.15, 0.2) is 0 Å². The Morgan fingerprint density at radius 1 is 0.267 bits per heavy atom. The molecule has 1 aliphatic heterocycles. The summed E-state index contributed by atoms with van der Waals surface area (Å²) in [7, 11) is -13.6. The number of para-hydroxylation sites is 6. The second-order valence-electron chi connectivity index (χ2n) is 12.9. The van der Waals surface area contributed by atoms with Gasteiger partial charge in [-0.05, 0) is 36.4 Å². The molecule has 1 heterocycles. The molecule has 0 saturated heterocycles. The molecule has 0 fully saturated rings. The van der Waals surface area contributed by atoms with Crippen LogP contribution in [0, 0.1) is 0 Å². The first-order valence-electron chi connectivity index (χ1n) is 18.5. The van der Waals surface area contributed by atoms with Crippen LogP contribution in [0.5, 0.6) is 34.5 Å². The minimum Gasteiger partial charge on any atom is -0.413 e. The fourth-order valence-electron chi connectivity index (χ4n) is 5.87. The van der Waals surface area contributed by atoms with Gasteiger partial charge in [0.05, 0.1) is 39.6 Å². The van der Waals surface area contributed by atoms with Crippen LogP contribution >= 0.6 is 23.0 Å². The molecule has 60 heavy (non-hydrogen) atoms. The van der Waals surface area contributed by atoms with Gasteiger partial charge in [0, 0.05) is 33.4 Å². The van der Waals surface area contributed by atoms with E-state index in [1.807, 2.05) is 0 Å². The number of benzene rings is 6. The Bertz CT molecular complexity index is 2170. The largest absolute Gasteiger partial charge is 0.460 e. The number of aliphatic hydroxyl groups excluding tert-OH is 6. The molecule has 6 aromatic rings. The van der Waals surface area contributed by atoms with Gasteiger partial charge >= 0.3 is 23.0 Å². The van der Waals surface area contributed by atoms with E-state index in [0.29, 0.717) is 33.4 Å². The summed E-state index contributed by atoms with van der Waals surface area (Å²) in [6.07, 6.45) is 0. The van der Waals surface area contributed by atoms with Gasteiger partial charge in [-0.2, -0.15) is 0 Å². The average molecular weight is 874 g/mol. The maximum absolute atomic E-state index is 10.5. The average Bonchev–Trinajstić information content (AvgIpc) is 3.27. The first-order valence-corrected chi connectivity index (χ1v) is 23.1. The summed E-state index contributed by atoms with van der Waals surface area (Å²) in [5.41, 5.74) is 1.96. The Hall–Kier alpha value is -5.43. The predicted molar refractivity (Wildman–Crippen MR) is 226 cm³/mol. The molecule has 0 spiro atoms. The number of rotatable bonds is 18. The van der Waals surface area contributed by atoms with Crippen LogP contribution < -0.4 is 27.1 Å². The van der Waals surface area contributed by atoms with Gasteiger partial charge in [-0.25, -0.2) is 0 Å². The van der Waals surface area contributed by atoms with Crippen LogP contribution in [0.4, 0.5) is 0 Å². The van der Waals surface area contributed by atoms with E-state index in [4.69, 9.17) is 40.7 Å². The van der Waals surface area contributed by atoms with Crippen molar-refractivity contribution in [2.75, 3.05) is 0 Å². The molecule has 7 rings (SSSR count). The topological polar surface area (TPSA) is 214 Å². The van der Waals surface area contributed by atoms with Gasteiger partial charge in [0.1, 0.15) is 34.5 Å². The minimum atomic E-state index is -4.52. The Morgan fingerprint density at radius 2 is 0.417 bits per heavy atom. The van der Waals surface area contributed by atoms with Crippen LogP contribution in [-0.2, 0) is 39.6 Å². The van der Waals surface area contributed by atoms with Crippen LogP contribution in [0.1, 0.15) is 33.4 Å². The highest BCUT2D eigenvalue weighted by Crippen LogP contribution is 2.79. The van der Waals surface area contributed by atoms with Crippen LogP contribution in [0.3, 0.4) is 0 Å². The van der Waals surface area contributed by atoms with E-state index >= 15 is 0 Å². The molecule has 0 bridgehead atoms. The fourth-order valence-corrected chi connectivity index (χ4v) is 15.2. The molecule has 0 unspecified atom stereocenters. The quantitative estimate of drug-likeness (QED) is 0.0446. The van der Waals surface area contributed by atoms with E-state index in [0.717, 1.165) is 0 Å². The third kappa shape index (κ3) is 9.62. The molecule has 6 N–H and O–H groups in total. The Kier molecular flexibility index (Phi) is 13.7. The van der Waals surface area contributed by atoms with Crippen molar-refractivity contribution >= 4 is 23.0 Å². The van der Waals surface area contributed by atoms with Crippen LogP contribution in [0.25, 0.3) is 0 Å². The third-order valence-corrected chi connectivity index (χ3v) is 16.9. The lowest BCUT2D eigenvalue weighted by Crippen LogP contribution is -2.13. The van der Waals surface area contributed by atoms with Crippen LogP contribution in [-0.4, -0.2) is 30.6 Å². The molecular weight excluding hydrogens is 831 g/mol. The van der Waals surface area contributed by atoms with Gasteiger partial charge < -0.3 is 57.8 Å². The molecule has 18 heteroatoms. The molecule has 0 amide bonds. The van der Waals surface area contributed by atoms with E-state index in [1.54, 1.807) is 146 Å². The third-order valence-electron chi connectivity index (χ3n) is 8.84. The lowest BCUT2D eigenvalue weighted by atomic mass is 10.2. The highest BCUT2D eigenvalue weighted by Gasteiger charge is 2.50. The number of nitrogens with zero attached hydrogens (tertiary/aromatic N) is 3. The van der Waals surface area contributed by atoms with Gasteiger partial charge in [0.2, 0.25) is 0 Å². The molecule has 0 atom stereocenters. The van der Waals surface area contributed by atoms with Crippen molar-refractivity contribution in [2.24, 2.45) is 13.5 Å². The van der Waals surface area contributed by atoms with Crippen LogP contribution in [0.15, 0.2) is 159 Å². The molecule has 1 aliphatic rings. The van der Waals surface area contributed by atoms with Gasteiger partial charge in [-0.15, -0.1) is 0 Å². The monoisotopic (exact) mass is 873 g/mol. The zero-order valence-electron chi connectivity index (χ0n) is 31.9. The second-order valence-corrected chi connectivity index (χ2v) is 19.1. The van der Waals surface area contributed by atoms with E-state index in [-0.39, 0.29) is 34.5 Å². The minimum absolute atomic E-state index is 0.0958. The maximum Gasteiger partial charge on any atom is 0.460 e. The molecule has 6 aromatic carbocycles. The van der Waals surface area contributed by atoms with Crippen molar-refractivity contribution in [1.82, 2.24) is 0 Å². The van der Waals surface area contributed by atoms with Crippen molar-refractivity contribution in [2.45, 2.75) is 39.6 Å². The lowest BCUT2D eigenvalue weighted by Gasteiger charge is -2.34. The van der Waals surface area contributed by atoms with Crippen molar-refractivity contribution in [3.63, 3.8) is 0 Å². The van der Waals surface area contributed by atoms with Crippen LogP contribution in [0.2, 0.25) is 0 Å².